The van der Waals surface area contributed by atoms with Crippen LogP contribution in [0.5, 0.6) is 0 Å². The SMILES string of the molecule is CNC(C)Cc1noc(-c2ccc(=O)n(Cc3ccccc3Cl)c2)n1.Cl. The van der Waals surface area contributed by atoms with Gasteiger partial charge < -0.3 is 14.4 Å². The lowest BCUT2D eigenvalue weighted by molar-refractivity contribution is 0.418. The molecule has 0 bridgehead atoms. The van der Waals surface area contributed by atoms with Crippen LogP contribution in [-0.2, 0) is 13.0 Å². The summed E-state index contributed by atoms with van der Waals surface area (Å²) in [6.07, 6.45) is 2.38. The van der Waals surface area contributed by atoms with Gasteiger partial charge in [0.15, 0.2) is 5.82 Å². The van der Waals surface area contributed by atoms with Gasteiger partial charge in [0.1, 0.15) is 0 Å². The van der Waals surface area contributed by atoms with E-state index in [1.54, 1.807) is 22.9 Å². The van der Waals surface area contributed by atoms with Crippen LogP contribution in [-0.4, -0.2) is 27.8 Å². The summed E-state index contributed by atoms with van der Waals surface area (Å²) < 4.78 is 6.91. The summed E-state index contributed by atoms with van der Waals surface area (Å²) in [5, 5.41) is 7.75. The molecule has 0 spiro atoms. The number of benzene rings is 1. The second kappa shape index (κ2) is 8.98. The van der Waals surface area contributed by atoms with Crippen molar-refractivity contribution in [1.29, 1.82) is 0 Å². The molecule has 138 valence electrons. The van der Waals surface area contributed by atoms with E-state index in [0.717, 1.165) is 5.56 Å². The molecule has 8 heteroatoms. The molecule has 0 aliphatic rings. The molecule has 0 amide bonds. The van der Waals surface area contributed by atoms with Gasteiger partial charge in [0, 0.05) is 29.7 Å². The van der Waals surface area contributed by atoms with Gasteiger partial charge >= 0.3 is 0 Å². The number of hydrogen-bond acceptors (Lipinski definition) is 5. The average Bonchev–Trinajstić information content (AvgIpc) is 3.07. The molecule has 0 radical (unpaired) electrons. The first-order valence-corrected chi connectivity index (χ1v) is 8.38. The van der Waals surface area contributed by atoms with E-state index in [4.69, 9.17) is 16.1 Å². The second-order valence-electron chi connectivity index (χ2n) is 5.88. The van der Waals surface area contributed by atoms with E-state index in [-0.39, 0.29) is 24.0 Å². The number of nitrogens with zero attached hydrogens (tertiary/aromatic N) is 3. The van der Waals surface area contributed by atoms with Gasteiger partial charge in [-0.2, -0.15) is 4.98 Å². The van der Waals surface area contributed by atoms with Gasteiger partial charge in [0.2, 0.25) is 0 Å². The number of aromatic nitrogens is 3. The highest BCUT2D eigenvalue weighted by atomic mass is 35.5. The maximum absolute atomic E-state index is 12.2. The third-order valence-electron chi connectivity index (χ3n) is 3.98. The van der Waals surface area contributed by atoms with Gasteiger partial charge in [-0.1, -0.05) is 35.0 Å². The first-order chi connectivity index (χ1) is 12.1. The fraction of sp³-hybridized carbons (Fsp3) is 0.278. The molecule has 3 aromatic rings. The lowest BCUT2D eigenvalue weighted by atomic mass is 10.2. The van der Waals surface area contributed by atoms with E-state index >= 15 is 0 Å². The Balaban J connectivity index is 0.00000243. The lowest BCUT2D eigenvalue weighted by Crippen LogP contribution is -2.24. The monoisotopic (exact) mass is 394 g/mol. The van der Waals surface area contributed by atoms with Crippen molar-refractivity contribution < 1.29 is 4.52 Å². The number of likely N-dealkylation sites (N-methyl/N-ethyl adjacent to an activating group) is 1. The molecule has 1 unspecified atom stereocenters. The largest absolute Gasteiger partial charge is 0.334 e. The summed E-state index contributed by atoms with van der Waals surface area (Å²) in [5.74, 6) is 1.02. The zero-order valence-electron chi connectivity index (χ0n) is 14.5. The molecule has 0 aliphatic carbocycles. The molecule has 6 nitrogen and oxygen atoms in total. The van der Waals surface area contributed by atoms with Crippen LogP contribution >= 0.6 is 24.0 Å². The van der Waals surface area contributed by atoms with Crippen molar-refractivity contribution in [2.75, 3.05) is 7.05 Å². The van der Waals surface area contributed by atoms with Gasteiger partial charge in [-0.3, -0.25) is 4.79 Å². The minimum absolute atomic E-state index is 0. The standard InChI is InChI=1S/C18H19ClN4O2.ClH/c1-12(20-2)9-16-21-18(25-22-16)14-7-8-17(24)23(11-14)10-13-5-3-4-6-15(13)19;/h3-8,11-12,20H,9-10H2,1-2H3;1H. The molecule has 3 rings (SSSR count). The van der Waals surface area contributed by atoms with Crippen LogP contribution in [0.15, 0.2) is 51.9 Å². The smallest absolute Gasteiger partial charge is 0.259 e. The summed E-state index contributed by atoms with van der Waals surface area (Å²) in [5.41, 5.74) is 1.45. The maximum Gasteiger partial charge on any atom is 0.259 e. The fourth-order valence-corrected chi connectivity index (χ4v) is 2.62. The van der Waals surface area contributed by atoms with Gasteiger partial charge in [0.05, 0.1) is 12.1 Å². The Hall–Kier alpha value is -2.15. The van der Waals surface area contributed by atoms with Crippen LogP contribution in [0, 0.1) is 0 Å². The molecule has 0 aliphatic heterocycles. The van der Waals surface area contributed by atoms with Crippen LogP contribution in [0.2, 0.25) is 5.02 Å². The minimum atomic E-state index is -0.118. The van der Waals surface area contributed by atoms with Crippen molar-refractivity contribution >= 4 is 24.0 Å². The van der Waals surface area contributed by atoms with E-state index in [1.165, 1.54) is 6.07 Å². The predicted molar refractivity (Wildman–Crippen MR) is 104 cm³/mol. The minimum Gasteiger partial charge on any atom is -0.334 e. The number of hydrogen-bond donors (Lipinski definition) is 1. The number of halogens is 2. The number of rotatable bonds is 6. The molecule has 1 aromatic carbocycles. The molecule has 1 atom stereocenters. The Morgan fingerprint density at radius 2 is 2.04 bits per heavy atom. The first kappa shape index (κ1) is 20.2. The molecule has 0 saturated carbocycles. The van der Waals surface area contributed by atoms with Gasteiger partial charge in [0.25, 0.3) is 11.4 Å². The van der Waals surface area contributed by atoms with Crippen molar-refractivity contribution in [3.05, 3.63) is 69.4 Å². The maximum atomic E-state index is 12.2. The van der Waals surface area contributed by atoms with Crippen LogP contribution in [0.3, 0.4) is 0 Å². The first-order valence-electron chi connectivity index (χ1n) is 8.01. The van der Waals surface area contributed by atoms with E-state index in [1.807, 2.05) is 32.2 Å². The van der Waals surface area contributed by atoms with Crippen LogP contribution < -0.4 is 10.9 Å². The topological polar surface area (TPSA) is 73.0 Å². The second-order valence-corrected chi connectivity index (χ2v) is 6.29. The quantitative estimate of drug-likeness (QED) is 0.694. The molecular weight excluding hydrogens is 375 g/mol. The van der Waals surface area contributed by atoms with Gasteiger partial charge in [-0.15, -0.1) is 12.4 Å². The highest BCUT2D eigenvalue weighted by Gasteiger charge is 2.12. The van der Waals surface area contributed by atoms with E-state index in [0.29, 0.717) is 35.3 Å². The molecule has 0 fully saturated rings. The third kappa shape index (κ3) is 4.72. The van der Waals surface area contributed by atoms with Crippen LogP contribution in [0.4, 0.5) is 0 Å². The predicted octanol–water partition coefficient (Wildman–Crippen LogP) is 3.17. The summed E-state index contributed by atoms with van der Waals surface area (Å²) in [6, 6.07) is 10.9. The average molecular weight is 395 g/mol. The molecule has 26 heavy (non-hydrogen) atoms. The van der Waals surface area contributed by atoms with E-state index < -0.39 is 0 Å². The molecule has 0 saturated heterocycles. The van der Waals surface area contributed by atoms with Gasteiger partial charge in [-0.05, 0) is 31.7 Å². The molecular formula is C18H20Cl2N4O2. The van der Waals surface area contributed by atoms with Crippen molar-refractivity contribution in [2.45, 2.75) is 25.9 Å². The Morgan fingerprint density at radius 1 is 1.27 bits per heavy atom. The van der Waals surface area contributed by atoms with Crippen molar-refractivity contribution in [2.24, 2.45) is 0 Å². The zero-order valence-corrected chi connectivity index (χ0v) is 16.0. The Bertz CT molecular complexity index is 923. The van der Waals surface area contributed by atoms with Crippen molar-refractivity contribution in [1.82, 2.24) is 20.0 Å². The summed E-state index contributed by atoms with van der Waals surface area (Å²) in [7, 11) is 1.89. The lowest BCUT2D eigenvalue weighted by Gasteiger charge is -2.08. The molecule has 2 aromatic heterocycles. The number of nitrogens with one attached hydrogen (secondary N) is 1. The van der Waals surface area contributed by atoms with Crippen molar-refractivity contribution in [3.63, 3.8) is 0 Å². The van der Waals surface area contributed by atoms with E-state index in [2.05, 4.69) is 15.5 Å². The number of pyridine rings is 1. The normalized spacial score (nSPS) is 11.8. The Labute approximate surface area is 162 Å². The summed E-state index contributed by atoms with van der Waals surface area (Å²) >= 11 is 6.19. The van der Waals surface area contributed by atoms with Crippen molar-refractivity contribution in [3.8, 4) is 11.5 Å². The van der Waals surface area contributed by atoms with E-state index in [9.17, 15) is 4.79 Å². The highest BCUT2D eigenvalue weighted by Crippen LogP contribution is 2.18. The summed E-state index contributed by atoms with van der Waals surface area (Å²) in [4.78, 5) is 16.6. The zero-order chi connectivity index (χ0) is 17.8. The Kier molecular flexibility index (Phi) is 6.97. The van der Waals surface area contributed by atoms with Gasteiger partial charge in [-0.25, -0.2) is 0 Å². The molecule has 1 N–H and O–H groups in total. The fourth-order valence-electron chi connectivity index (χ4n) is 2.42. The Morgan fingerprint density at radius 3 is 2.77 bits per heavy atom. The third-order valence-corrected chi connectivity index (χ3v) is 4.35. The summed E-state index contributed by atoms with van der Waals surface area (Å²) in [6.45, 7) is 2.42. The highest BCUT2D eigenvalue weighted by molar-refractivity contribution is 6.31. The van der Waals surface area contributed by atoms with Crippen LogP contribution in [0.25, 0.3) is 11.5 Å². The molecule has 2 heterocycles. The van der Waals surface area contributed by atoms with Crippen LogP contribution in [0.1, 0.15) is 18.3 Å².